The number of morpholine rings is 1. The highest BCUT2D eigenvalue weighted by atomic mass is 19.1. The number of likely N-dealkylation sites (N-methyl/N-ethyl adjacent to an activating group) is 1. The number of halogens is 1. The van der Waals surface area contributed by atoms with Gasteiger partial charge in [-0.2, -0.15) is 0 Å². The monoisotopic (exact) mass is 387 g/mol. The van der Waals surface area contributed by atoms with Crippen molar-refractivity contribution in [3.05, 3.63) is 42.0 Å². The summed E-state index contributed by atoms with van der Waals surface area (Å²) in [6, 6.07) is 6.37. The Kier molecular flexibility index (Phi) is 6.21. The normalized spacial score (nSPS) is 17.4. The number of aromatic nitrogens is 2. The maximum atomic E-state index is 13.8. The molecule has 1 aromatic carbocycles. The minimum absolute atomic E-state index is 0.0441. The summed E-state index contributed by atoms with van der Waals surface area (Å²) < 4.78 is 19.8. The van der Waals surface area contributed by atoms with Crippen LogP contribution in [0.2, 0.25) is 0 Å². The van der Waals surface area contributed by atoms with Gasteiger partial charge in [-0.05, 0) is 17.7 Å². The minimum atomic E-state index is -0.330. The van der Waals surface area contributed by atoms with Crippen LogP contribution < -0.4 is 4.90 Å². The van der Waals surface area contributed by atoms with Crippen molar-refractivity contribution >= 4 is 11.9 Å². The van der Waals surface area contributed by atoms with E-state index in [4.69, 9.17) is 9.72 Å². The summed E-state index contributed by atoms with van der Waals surface area (Å²) in [5.41, 5.74) is 2.13. The molecule has 0 unspecified atom stereocenters. The van der Waals surface area contributed by atoms with Gasteiger partial charge in [0, 0.05) is 53.0 Å². The van der Waals surface area contributed by atoms with Gasteiger partial charge in [0.2, 0.25) is 11.9 Å². The maximum Gasteiger partial charge on any atom is 0.236 e. The Bertz CT molecular complexity index is 843. The van der Waals surface area contributed by atoms with Crippen molar-refractivity contribution in [2.75, 3.05) is 59.3 Å². The van der Waals surface area contributed by atoms with Gasteiger partial charge in [0.15, 0.2) is 0 Å². The lowest BCUT2D eigenvalue weighted by Crippen LogP contribution is -2.44. The van der Waals surface area contributed by atoms with Crippen molar-refractivity contribution in [1.29, 1.82) is 0 Å². The molecule has 1 atom stereocenters. The van der Waals surface area contributed by atoms with Crippen LogP contribution >= 0.6 is 0 Å². The summed E-state index contributed by atoms with van der Waals surface area (Å²) in [5, 5.41) is 0. The number of carbonyl (C=O) groups excluding carboxylic acids is 1. The molecule has 1 saturated heterocycles. The smallest absolute Gasteiger partial charge is 0.236 e. The third kappa shape index (κ3) is 4.63. The standard InChI is InChI=1S/C20H26FN5O2/c1-24(2)18(27)13-26-8-9-28-17(12-26)19-16(11-22-20(23-19)25(3)4)14-6-5-7-15(21)10-14/h5-7,10-11,17H,8-9,12-13H2,1-4H3/t17-/m0/s1. The number of nitrogens with zero attached hydrogens (tertiary/aromatic N) is 5. The number of benzene rings is 1. The highest BCUT2D eigenvalue weighted by molar-refractivity contribution is 5.77. The van der Waals surface area contributed by atoms with Crippen molar-refractivity contribution in [1.82, 2.24) is 19.8 Å². The lowest BCUT2D eigenvalue weighted by atomic mass is 10.0. The molecule has 28 heavy (non-hydrogen) atoms. The Balaban J connectivity index is 1.94. The Labute approximate surface area is 164 Å². The Hall–Kier alpha value is -2.58. The highest BCUT2D eigenvalue weighted by Crippen LogP contribution is 2.31. The number of hydrogen-bond acceptors (Lipinski definition) is 6. The molecule has 2 aromatic rings. The molecule has 8 heteroatoms. The van der Waals surface area contributed by atoms with Crippen LogP contribution in [0.3, 0.4) is 0 Å². The zero-order valence-corrected chi connectivity index (χ0v) is 16.7. The molecular formula is C20H26FN5O2. The van der Waals surface area contributed by atoms with Crippen LogP contribution in [0.4, 0.5) is 10.3 Å². The molecule has 3 rings (SSSR count). The summed E-state index contributed by atoms with van der Waals surface area (Å²) in [7, 11) is 7.22. The van der Waals surface area contributed by atoms with E-state index >= 15 is 0 Å². The summed E-state index contributed by atoms with van der Waals surface area (Å²) >= 11 is 0. The fourth-order valence-corrected chi connectivity index (χ4v) is 3.07. The van der Waals surface area contributed by atoms with Gasteiger partial charge in [-0.15, -0.1) is 0 Å². The third-order valence-electron chi connectivity index (χ3n) is 4.65. The molecule has 0 saturated carbocycles. The minimum Gasteiger partial charge on any atom is -0.369 e. The molecule has 0 bridgehead atoms. The first-order valence-electron chi connectivity index (χ1n) is 9.19. The lowest BCUT2D eigenvalue weighted by Gasteiger charge is -2.33. The number of anilines is 1. The van der Waals surface area contributed by atoms with E-state index in [-0.39, 0.29) is 17.8 Å². The summed E-state index contributed by atoms with van der Waals surface area (Å²) in [5.74, 6) is 0.283. The van der Waals surface area contributed by atoms with Gasteiger partial charge >= 0.3 is 0 Å². The van der Waals surface area contributed by atoms with Crippen LogP contribution in [0.1, 0.15) is 11.8 Å². The summed E-state index contributed by atoms with van der Waals surface area (Å²) in [4.78, 5) is 26.6. The second-order valence-corrected chi connectivity index (χ2v) is 7.26. The van der Waals surface area contributed by atoms with Gasteiger partial charge in [0.1, 0.15) is 11.9 Å². The molecule has 1 aliphatic heterocycles. The molecule has 150 valence electrons. The van der Waals surface area contributed by atoms with E-state index in [0.717, 1.165) is 5.56 Å². The molecule has 0 N–H and O–H groups in total. The van der Waals surface area contributed by atoms with Crippen LogP contribution in [0.25, 0.3) is 11.1 Å². The van der Waals surface area contributed by atoms with Crippen molar-refractivity contribution in [3.63, 3.8) is 0 Å². The molecule has 2 heterocycles. The topological polar surface area (TPSA) is 61.8 Å². The van der Waals surface area contributed by atoms with Gasteiger partial charge in [0.05, 0.1) is 18.8 Å². The first-order chi connectivity index (χ1) is 13.3. The van der Waals surface area contributed by atoms with Crippen molar-refractivity contribution in [3.8, 4) is 11.1 Å². The van der Waals surface area contributed by atoms with Gasteiger partial charge < -0.3 is 14.5 Å². The number of carbonyl (C=O) groups is 1. The highest BCUT2D eigenvalue weighted by Gasteiger charge is 2.28. The average Bonchev–Trinajstić information content (AvgIpc) is 2.67. The van der Waals surface area contributed by atoms with Crippen LogP contribution in [0, 0.1) is 5.82 Å². The maximum absolute atomic E-state index is 13.8. The predicted molar refractivity (Wildman–Crippen MR) is 106 cm³/mol. The van der Waals surface area contributed by atoms with E-state index in [1.54, 1.807) is 31.3 Å². The van der Waals surface area contributed by atoms with E-state index < -0.39 is 0 Å². The molecule has 1 aliphatic rings. The zero-order chi connectivity index (χ0) is 20.3. The lowest BCUT2D eigenvalue weighted by molar-refractivity contribution is -0.132. The molecule has 0 aliphatic carbocycles. The molecular weight excluding hydrogens is 361 g/mol. The third-order valence-corrected chi connectivity index (χ3v) is 4.65. The molecule has 0 spiro atoms. The predicted octanol–water partition coefficient (Wildman–Crippen LogP) is 1.81. The fraction of sp³-hybridized carbons (Fsp3) is 0.450. The fourth-order valence-electron chi connectivity index (χ4n) is 3.07. The molecule has 7 nitrogen and oxygen atoms in total. The van der Waals surface area contributed by atoms with E-state index in [1.165, 1.54) is 12.1 Å². The molecule has 0 radical (unpaired) electrons. The van der Waals surface area contributed by atoms with Gasteiger partial charge in [-0.25, -0.2) is 14.4 Å². The van der Waals surface area contributed by atoms with Crippen molar-refractivity contribution in [2.24, 2.45) is 0 Å². The Morgan fingerprint density at radius 2 is 2.11 bits per heavy atom. The second-order valence-electron chi connectivity index (χ2n) is 7.26. The number of ether oxygens (including phenoxy) is 1. The first-order valence-corrected chi connectivity index (χ1v) is 9.19. The molecule has 1 fully saturated rings. The van der Waals surface area contributed by atoms with Gasteiger partial charge in [-0.1, -0.05) is 12.1 Å². The van der Waals surface area contributed by atoms with Gasteiger partial charge in [0.25, 0.3) is 0 Å². The Morgan fingerprint density at radius 3 is 2.79 bits per heavy atom. The van der Waals surface area contributed by atoms with E-state index in [0.29, 0.717) is 43.4 Å². The number of hydrogen-bond donors (Lipinski definition) is 0. The van der Waals surface area contributed by atoms with Crippen LogP contribution in [-0.4, -0.2) is 80.1 Å². The summed E-state index contributed by atoms with van der Waals surface area (Å²) in [6.07, 6.45) is 1.38. The van der Waals surface area contributed by atoms with E-state index in [1.807, 2.05) is 25.1 Å². The second kappa shape index (κ2) is 8.62. The number of rotatable bonds is 5. The molecule has 1 aromatic heterocycles. The van der Waals surface area contributed by atoms with E-state index in [9.17, 15) is 9.18 Å². The molecule has 1 amide bonds. The Morgan fingerprint density at radius 1 is 1.32 bits per heavy atom. The van der Waals surface area contributed by atoms with Crippen LogP contribution in [-0.2, 0) is 9.53 Å². The van der Waals surface area contributed by atoms with Crippen molar-refractivity contribution in [2.45, 2.75) is 6.10 Å². The zero-order valence-electron chi connectivity index (χ0n) is 16.7. The first kappa shape index (κ1) is 20.2. The van der Waals surface area contributed by atoms with Crippen molar-refractivity contribution < 1.29 is 13.9 Å². The van der Waals surface area contributed by atoms with E-state index in [2.05, 4.69) is 9.88 Å². The summed E-state index contributed by atoms with van der Waals surface area (Å²) in [6.45, 7) is 2.03. The van der Waals surface area contributed by atoms with Crippen LogP contribution in [0.5, 0.6) is 0 Å². The van der Waals surface area contributed by atoms with Crippen LogP contribution in [0.15, 0.2) is 30.5 Å². The SMILES string of the molecule is CN(C)C(=O)CN1CCO[C@H](c2nc(N(C)C)ncc2-c2cccc(F)c2)C1. The quantitative estimate of drug-likeness (QED) is 0.780. The number of amides is 1. The largest absolute Gasteiger partial charge is 0.369 e. The van der Waals surface area contributed by atoms with Gasteiger partial charge in [-0.3, -0.25) is 9.69 Å². The average molecular weight is 387 g/mol.